The van der Waals surface area contributed by atoms with Crippen LogP contribution in [0.15, 0.2) is 69.3 Å². The van der Waals surface area contributed by atoms with E-state index in [9.17, 15) is 19.5 Å². The molecule has 0 amide bonds. The standard InChI is InChI=1S/C25H26N4O5S/c1-16-9-11-19(12-10-16)34-14-18(30)13-29-21-22(27(2)25(33)28(3)23(21)32)26-24(29)35-15-20(31)17-7-5-4-6-8-17/h4-12,18,30H,13-15H2,1-3H3/t18-/m0/s1. The Balaban J connectivity index is 1.63. The van der Waals surface area contributed by atoms with Gasteiger partial charge in [-0.3, -0.25) is 18.7 Å². The zero-order chi connectivity index (χ0) is 25.1. The number of aliphatic hydroxyl groups excluding tert-OH is 1. The number of rotatable bonds is 9. The molecule has 4 aromatic rings. The van der Waals surface area contributed by atoms with Gasteiger partial charge in [0.25, 0.3) is 5.56 Å². The third-order valence-electron chi connectivity index (χ3n) is 5.60. The minimum atomic E-state index is -0.972. The number of Topliss-reactive ketones (excluding diaryl/α,β-unsaturated/α-hetero) is 1. The van der Waals surface area contributed by atoms with Crippen molar-refractivity contribution in [2.45, 2.75) is 24.7 Å². The number of benzene rings is 2. The lowest BCUT2D eigenvalue weighted by atomic mass is 10.2. The number of hydrogen-bond acceptors (Lipinski definition) is 7. The van der Waals surface area contributed by atoms with E-state index in [1.54, 1.807) is 28.8 Å². The van der Waals surface area contributed by atoms with Crippen molar-refractivity contribution < 1.29 is 14.6 Å². The van der Waals surface area contributed by atoms with Crippen LogP contribution >= 0.6 is 11.8 Å². The first-order valence-electron chi connectivity index (χ1n) is 11.0. The fraction of sp³-hybridized carbons (Fsp3) is 0.280. The summed E-state index contributed by atoms with van der Waals surface area (Å²) in [5.74, 6) is 0.600. The second kappa shape index (κ2) is 10.3. The smallest absolute Gasteiger partial charge is 0.332 e. The molecule has 2 aromatic carbocycles. The molecule has 0 saturated heterocycles. The first-order valence-corrected chi connectivity index (χ1v) is 12.0. The highest BCUT2D eigenvalue weighted by molar-refractivity contribution is 7.99. The van der Waals surface area contributed by atoms with Crippen molar-refractivity contribution in [2.24, 2.45) is 14.1 Å². The van der Waals surface area contributed by atoms with Gasteiger partial charge < -0.3 is 14.4 Å². The van der Waals surface area contributed by atoms with Crippen molar-refractivity contribution in [1.82, 2.24) is 18.7 Å². The molecule has 4 rings (SSSR count). The molecular weight excluding hydrogens is 468 g/mol. The minimum absolute atomic E-state index is 0.00232. The number of aryl methyl sites for hydroxylation is 2. The summed E-state index contributed by atoms with van der Waals surface area (Å²) in [7, 11) is 2.92. The zero-order valence-electron chi connectivity index (χ0n) is 19.7. The molecule has 0 saturated carbocycles. The van der Waals surface area contributed by atoms with Crippen LogP contribution in [0.3, 0.4) is 0 Å². The summed E-state index contributed by atoms with van der Waals surface area (Å²) in [4.78, 5) is 42.6. The predicted molar refractivity (Wildman–Crippen MR) is 134 cm³/mol. The van der Waals surface area contributed by atoms with Crippen LogP contribution in [0, 0.1) is 6.92 Å². The molecule has 2 aromatic heterocycles. The number of ketones is 1. The normalized spacial score (nSPS) is 12.1. The topological polar surface area (TPSA) is 108 Å². The second-order valence-electron chi connectivity index (χ2n) is 8.24. The number of aliphatic hydroxyl groups is 1. The molecule has 0 spiro atoms. The van der Waals surface area contributed by atoms with Crippen LogP contribution in [-0.4, -0.2) is 48.0 Å². The molecule has 1 N–H and O–H groups in total. The number of aromatic nitrogens is 4. The van der Waals surface area contributed by atoms with Crippen molar-refractivity contribution >= 4 is 28.7 Å². The number of thioether (sulfide) groups is 1. The van der Waals surface area contributed by atoms with Crippen molar-refractivity contribution in [2.75, 3.05) is 12.4 Å². The second-order valence-corrected chi connectivity index (χ2v) is 9.18. The van der Waals surface area contributed by atoms with Crippen molar-refractivity contribution in [3.8, 4) is 5.75 Å². The number of imidazole rings is 1. The fourth-order valence-corrected chi connectivity index (χ4v) is 4.53. The lowest BCUT2D eigenvalue weighted by Crippen LogP contribution is -2.38. The minimum Gasteiger partial charge on any atom is -0.491 e. The number of fused-ring (bicyclic) bond motifs is 1. The van der Waals surface area contributed by atoms with Gasteiger partial charge in [-0.15, -0.1) is 0 Å². The Morgan fingerprint density at radius 1 is 1.06 bits per heavy atom. The number of carbonyl (C=O) groups excluding carboxylic acids is 1. The number of hydrogen-bond donors (Lipinski definition) is 1. The highest BCUT2D eigenvalue weighted by atomic mass is 32.2. The molecular formula is C25H26N4O5S. The van der Waals surface area contributed by atoms with E-state index < -0.39 is 17.4 Å². The molecule has 9 nitrogen and oxygen atoms in total. The molecule has 0 fully saturated rings. The van der Waals surface area contributed by atoms with Crippen molar-refractivity contribution in [3.63, 3.8) is 0 Å². The molecule has 35 heavy (non-hydrogen) atoms. The third kappa shape index (κ3) is 5.23. The van der Waals surface area contributed by atoms with Crippen molar-refractivity contribution in [3.05, 3.63) is 86.6 Å². The van der Waals surface area contributed by atoms with E-state index in [0.717, 1.165) is 21.9 Å². The molecule has 10 heteroatoms. The van der Waals surface area contributed by atoms with Gasteiger partial charge in [0.15, 0.2) is 22.1 Å². The molecule has 0 aliphatic heterocycles. The van der Waals surface area contributed by atoms with Crippen LogP contribution in [-0.2, 0) is 20.6 Å². The van der Waals surface area contributed by atoms with Crippen LogP contribution in [0.25, 0.3) is 11.2 Å². The fourth-order valence-electron chi connectivity index (χ4n) is 3.63. The lowest BCUT2D eigenvalue weighted by molar-refractivity contribution is 0.0913. The van der Waals surface area contributed by atoms with Gasteiger partial charge in [0.2, 0.25) is 0 Å². The Bertz CT molecular complexity index is 1470. The van der Waals surface area contributed by atoms with Crippen LogP contribution in [0.2, 0.25) is 0 Å². The maximum atomic E-state index is 13.0. The van der Waals surface area contributed by atoms with Gasteiger partial charge in [0, 0.05) is 19.7 Å². The summed E-state index contributed by atoms with van der Waals surface area (Å²) < 4.78 is 9.53. The lowest BCUT2D eigenvalue weighted by Gasteiger charge is -2.15. The number of nitrogens with zero attached hydrogens (tertiary/aromatic N) is 4. The summed E-state index contributed by atoms with van der Waals surface area (Å²) in [6, 6.07) is 16.3. The van der Waals surface area contributed by atoms with Gasteiger partial charge in [-0.05, 0) is 19.1 Å². The monoisotopic (exact) mass is 494 g/mol. The number of carbonyl (C=O) groups is 1. The summed E-state index contributed by atoms with van der Waals surface area (Å²) in [6.45, 7) is 1.96. The average Bonchev–Trinajstić information content (AvgIpc) is 3.23. The van der Waals surface area contributed by atoms with E-state index >= 15 is 0 Å². The average molecular weight is 495 g/mol. The van der Waals surface area contributed by atoms with Gasteiger partial charge in [-0.1, -0.05) is 59.8 Å². The van der Waals surface area contributed by atoms with Crippen LogP contribution in [0.1, 0.15) is 15.9 Å². The number of ether oxygens (including phenoxy) is 1. The summed E-state index contributed by atoms with van der Waals surface area (Å²) in [5.41, 5.74) is 1.00. The summed E-state index contributed by atoms with van der Waals surface area (Å²) in [6.07, 6.45) is -0.972. The van der Waals surface area contributed by atoms with E-state index in [2.05, 4.69) is 4.98 Å². The highest BCUT2D eigenvalue weighted by Crippen LogP contribution is 2.23. The molecule has 182 valence electrons. The molecule has 0 bridgehead atoms. The van der Waals surface area contributed by atoms with E-state index in [1.807, 2.05) is 37.3 Å². The summed E-state index contributed by atoms with van der Waals surface area (Å²) in [5, 5.41) is 11.1. The Kier molecular flexibility index (Phi) is 7.23. The van der Waals surface area contributed by atoms with Crippen molar-refractivity contribution in [1.29, 1.82) is 0 Å². The van der Waals surface area contributed by atoms with E-state index in [0.29, 0.717) is 16.5 Å². The SMILES string of the molecule is Cc1ccc(OC[C@@H](O)Cn2c(SCC(=O)c3ccccc3)nc3c2c(=O)n(C)c(=O)n3C)cc1. The maximum absolute atomic E-state index is 13.0. The first-order chi connectivity index (χ1) is 16.8. The van der Waals surface area contributed by atoms with Gasteiger partial charge >= 0.3 is 5.69 Å². The van der Waals surface area contributed by atoms with Gasteiger partial charge in [0.05, 0.1) is 12.3 Å². The maximum Gasteiger partial charge on any atom is 0.332 e. The van der Waals surface area contributed by atoms with Gasteiger partial charge in [-0.25, -0.2) is 9.78 Å². The Morgan fingerprint density at radius 3 is 2.43 bits per heavy atom. The van der Waals surface area contributed by atoms with Crippen LogP contribution in [0.5, 0.6) is 5.75 Å². The highest BCUT2D eigenvalue weighted by Gasteiger charge is 2.22. The molecule has 2 heterocycles. The van der Waals surface area contributed by atoms with E-state index in [1.165, 1.54) is 18.7 Å². The molecule has 0 radical (unpaired) electrons. The molecule has 0 aliphatic carbocycles. The molecule has 0 unspecified atom stereocenters. The van der Waals surface area contributed by atoms with E-state index in [4.69, 9.17) is 4.74 Å². The Labute approximate surface area is 205 Å². The van der Waals surface area contributed by atoms with Gasteiger partial charge in [0.1, 0.15) is 18.5 Å². The first kappa shape index (κ1) is 24.5. The molecule has 0 aliphatic rings. The van der Waals surface area contributed by atoms with Crippen LogP contribution < -0.4 is 16.0 Å². The predicted octanol–water partition coefficient (Wildman–Crippen LogP) is 2.16. The zero-order valence-corrected chi connectivity index (χ0v) is 20.5. The van der Waals surface area contributed by atoms with E-state index in [-0.39, 0.29) is 35.9 Å². The van der Waals surface area contributed by atoms with Crippen LogP contribution in [0.4, 0.5) is 0 Å². The Morgan fingerprint density at radius 2 is 1.74 bits per heavy atom. The third-order valence-corrected chi connectivity index (χ3v) is 6.57. The summed E-state index contributed by atoms with van der Waals surface area (Å²) >= 11 is 1.15. The Hall–Kier alpha value is -3.63. The largest absolute Gasteiger partial charge is 0.491 e. The quantitative estimate of drug-likeness (QED) is 0.281. The van der Waals surface area contributed by atoms with Gasteiger partial charge in [-0.2, -0.15) is 0 Å². The molecule has 1 atom stereocenters.